The van der Waals surface area contributed by atoms with Crippen LogP contribution in [0.3, 0.4) is 0 Å². The summed E-state index contributed by atoms with van der Waals surface area (Å²) in [6, 6.07) is 8.21. The molecule has 154 valence electrons. The second kappa shape index (κ2) is 8.64. The number of carbonyl (C=O) groups is 1. The van der Waals surface area contributed by atoms with Gasteiger partial charge >= 0.3 is 0 Å². The highest BCUT2D eigenvalue weighted by atomic mass is 28.3. The molecule has 0 saturated carbocycles. The van der Waals surface area contributed by atoms with Crippen LogP contribution in [0.2, 0.25) is 19.6 Å². The number of nitrogens with zero attached hydrogens (tertiary/aromatic N) is 4. The van der Waals surface area contributed by atoms with E-state index in [9.17, 15) is 9.59 Å². The average molecular weight is 419 g/mol. The van der Waals surface area contributed by atoms with Crippen molar-refractivity contribution in [2.75, 3.05) is 0 Å². The van der Waals surface area contributed by atoms with Gasteiger partial charge in [0.05, 0.1) is 30.0 Å². The first-order chi connectivity index (χ1) is 14.2. The lowest BCUT2D eigenvalue weighted by atomic mass is 10.1. The molecule has 0 aromatic carbocycles. The summed E-state index contributed by atoms with van der Waals surface area (Å²) in [7, 11) is -1.54. The average Bonchev–Trinajstić information content (AvgIpc) is 3.06. The van der Waals surface area contributed by atoms with Gasteiger partial charge in [-0.15, -0.1) is 5.54 Å². The molecule has 0 saturated heterocycles. The number of ketones is 1. The first-order valence-electron chi connectivity index (χ1n) is 9.87. The smallest absolute Gasteiger partial charge is 0.251 e. The second-order valence-electron chi connectivity index (χ2n) is 8.33. The van der Waals surface area contributed by atoms with Crippen molar-refractivity contribution in [1.29, 1.82) is 0 Å². The van der Waals surface area contributed by atoms with Crippen molar-refractivity contribution in [2.24, 2.45) is 0 Å². The Balaban J connectivity index is 1.87. The van der Waals surface area contributed by atoms with Crippen molar-refractivity contribution in [3.63, 3.8) is 0 Å². The summed E-state index contributed by atoms with van der Waals surface area (Å²) in [6.45, 7) is 10.5. The Kier molecular flexibility index (Phi) is 6.18. The minimum absolute atomic E-state index is 0.155. The number of Topliss-reactive ketones (excluding diaryl/α,β-unsaturated/α-hetero) is 1. The number of rotatable bonds is 5. The number of hydrogen-bond acceptors (Lipinski definition) is 4. The van der Waals surface area contributed by atoms with E-state index in [4.69, 9.17) is 0 Å². The van der Waals surface area contributed by atoms with Crippen LogP contribution in [0.1, 0.15) is 40.3 Å². The van der Waals surface area contributed by atoms with Crippen molar-refractivity contribution in [3.8, 4) is 11.5 Å². The molecule has 3 aromatic heterocycles. The Bertz CT molecular complexity index is 1180. The van der Waals surface area contributed by atoms with Gasteiger partial charge in [0.2, 0.25) is 0 Å². The summed E-state index contributed by atoms with van der Waals surface area (Å²) in [5.41, 5.74) is 5.91. The molecule has 0 amide bonds. The van der Waals surface area contributed by atoms with Gasteiger partial charge in [0.15, 0.2) is 5.78 Å². The molecule has 0 bridgehead atoms. The van der Waals surface area contributed by atoms with Crippen LogP contribution in [0.25, 0.3) is 0 Å². The van der Waals surface area contributed by atoms with Crippen LogP contribution in [0.4, 0.5) is 0 Å². The maximum absolute atomic E-state index is 13.2. The monoisotopic (exact) mass is 418 g/mol. The summed E-state index contributed by atoms with van der Waals surface area (Å²) in [5, 5.41) is 4.36. The van der Waals surface area contributed by atoms with E-state index in [1.54, 1.807) is 36.3 Å². The van der Waals surface area contributed by atoms with Crippen molar-refractivity contribution in [2.45, 2.75) is 46.1 Å². The molecule has 3 aromatic rings. The van der Waals surface area contributed by atoms with Gasteiger partial charge in [-0.2, -0.15) is 5.10 Å². The number of hydrogen-bond donors (Lipinski definition) is 0. The molecule has 0 radical (unpaired) electrons. The third-order valence-electron chi connectivity index (χ3n) is 4.72. The fourth-order valence-electron chi connectivity index (χ4n) is 2.98. The van der Waals surface area contributed by atoms with Crippen LogP contribution in [0, 0.1) is 18.4 Å². The third kappa shape index (κ3) is 5.02. The standard InChI is InChI=1S/C23H26N4O2Si/c1-17-21(14-25-27(17)16-20-8-6-7-12-24-20)23(29)18(2)26-15-19(9-10-22(26)28)11-13-30(3,4)5/h6-10,12,14-15,18H,16H2,1-5H3. The topological polar surface area (TPSA) is 69.8 Å². The lowest BCUT2D eigenvalue weighted by molar-refractivity contribution is 0.0932. The fraction of sp³-hybridized carbons (Fsp3) is 0.304. The molecular weight excluding hydrogens is 392 g/mol. The zero-order valence-corrected chi connectivity index (χ0v) is 19.0. The molecule has 3 heterocycles. The lowest BCUT2D eigenvalue weighted by Crippen LogP contribution is -2.28. The van der Waals surface area contributed by atoms with E-state index in [1.807, 2.05) is 25.1 Å². The SMILES string of the molecule is Cc1c(C(=O)C(C)n2cc(C#C[Si](C)(C)C)ccc2=O)cnn1Cc1ccccn1. The van der Waals surface area contributed by atoms with Crippen LogP contribution in [-0.2, 0) is 6.54 Å². The number of pyridine rings is 2. The second-order valence-corrected chi connectivity index (χ2v) is 13.1. The Hall–Kier alpha value is -3.24. The summed E-state index contributed by atoms with van der Waals surface area (Å²) in [4.78, 5) is 29.9. The van der Waals surface area contributed by atoms with Crippen LogP contribution in [0.15, 0.2) is 53.7 Å². The van der Waals surface area contributed by atoms with Crippen molar-refractivity contribution in [3.05, 3.63) is 81.8 Å². The first-order valence-corrected chi connectivity index (χ1v) is 13.4. The highest BCUT2D eigenvalue weighted by Crippen LogP contribution is 2.17. The minimum atomic E-state index is -1.54. The summed E-state index contributed by atoms with van der Waals surface area (Å²) in [5.74, 6) is 2.99. The number of carbonyl (C=O) groups excluding carboxylic acids is 1. The Morgan fingerprint density at radius 1 is 1.20 bits per heavy atom. The molecule has 1 unspecified atom stereocenters. The minimum Gasteiger partial charge on any atom is -0.304 e. The predicted octanol–water partition coefficient (Wildman–Crippen LogP) is 3.47. The molecule has 30 heavy (non-hydrogen) atoms. The summed E-state index contributed by atoms with van der Waals surface area (Å²) >= 11 is 0. The van der Waals surface area contributed by atoms with Crippen molar-refractivity contribution in [1.82, 2.24) is 19.3 Å². The van der Waals surface area contributed by atoms with Crippen molar-refractivity contribution >= 4 is 13.9 Å². The van der Waals surface area contributed by atoms with Crippen LogP contribution >= 0.6 is 0 Å². The van der Waals surface area contributed by atoms with E-state index in [0.717, 1.165) is 17.0 Å². The third-order valence-corrected chi connectivity index (χ3v) is 5.60. The van der Waals surface area contributed by atoms with Gasteiger partial charge in [0.25, 0.3) is 5.56 Å². The van der Waals surface area contributed by atoms with Gasteiger partial charge in [0, 0.05) is 29.7 Å². The Morgan fingerprint density at radius 3 is 2.63 bits per heavy atom. The van der Waals surface area contributed by atoms with E-state index in [-0.39, 0.29) is 11.3 Å². The Labute approximate surface area is 177 Å². The molecule has 0 N–H and O–H groups in total. The largest absolute Gasteiger partial charge is 0.304 e. The van der Waals surface area contributed by atoms with Gasteiger partial charge in [-0.05, 0) is 32.0 Å². The maximum atomic E-state index is 13.2. The van der Waals surface area contributed by atoms with E-state index in [2.05, 4.69) is 41.2 Å². The van der Waals surface area contributed by atoms with E-state index in [0.29, 0.717) is 12.1 Å². The fourth-order valence-corrected chi connectivity index (χ4v) is 3.50. The normalized spacial score (nSPS) is 12.2. The van der Waals surface area contributed by atoms with Gasteiger partial charge in [0.1, 0.15) is 8.07 Å². The molecule has 0 aliphatic heterocycles. The van der Waals surface area contributed by atoms with Crippen molar-refractivity contribution < 1.29 is 4.79 Å². The zero-order valence-electron chi connectivity index (χ0n) is 18.0. The van der Waals surface area contributed by atoms with Gasteiger partial charge in [-0.3, -0.25) is 19.3 Å². The van der Waals surface area contributed by atoms with E-state index in [1.165, 1.54) is 10.6 Å². The molecule has 6 nitrogen and oxygen atoms in total. The summed E-state index contributed by atoms with van der Waals surface area (Å²) in [6.07, 6.45) is 4.97. The van der Waals surface area contributed by atoms with Gasteiger partial charge in [-0.1, -0.05) is 31.6 Å². The molecule has 3 rings (SSSR count). The highest BCUT2D eigenvalue weighted by Gasteiger charge is 2.22. The molecular formula is C23H26N4O2Si. The maximum Gasteiger partial charge on any atom is 0.251 e. The lowest BCUT2D eigenvalue weighted by Gasteiger charge is -2.14. The van der Waals surface area contributed by atoms with Gasteiger partial charge < -0.3 is 4.57 Å². The summed E-state index contributed by atoms with van der Waals surface area (Å²) < 4.78 is 3.20. The van der Waals surface area contributed by atoms with Gasteiger partial charge in [-0.25, -0.2) is 0 Å². The molecule has 1 atom stereocenters. The molecule has 0 fully saturated rings. The zero-order chi connectivity index (χ0) is 21.9. The highest BCUT2D eigenvalue weighted by molar-refractivity contribution is 6.83. The van der Waals surface area contributed by atoms with Crippen LogP contribution < -0.4 is 5.56 Å². The molecule has 0 aliphatic rings. The van der Waals surface area contributed by atoms with Crippen LogP contribution in [-0.4, -0.2) is 33.2 Å². The van der Waals surface area contributed by atoms with E-state index < -0.39 is 14.1 Å². The number of aromatic nitrogens is 4. The molecule has 0 spiro atoms. The molecule has 0 aliphatic carbocycles. The predicted molar refractivity (Wildman–Crippen MR) is 120 cm³/mol. The first kappa shape index (κ1) is 21.5. The quantitative estimate of drug-likeness (QED) is 0.361. The molecule has 7 heteroatoms. The van der Waals surface area contributed by atoms with Crippen LogP contribution in [0.5, 0.6) is 0 Å². The van der Waals surface area contributed by atoms with E-state index >= 15 is 0 Å². The Morgan fingerprint density at radius 2 is 1.97 bits per heavy atom.